The van der Waals surface area contributed by atoms with Gasteiger partial charge in [-0.3, -0.25) is 14.9 Å². The Morgan fingerprint density at radius 2 is 1.65 bits per heavy atom. The molecule has 0 aliphatic rings. The maximum atomic E-state index is 12.5. The van der Waals surface area contributed by atoms with Gasteiger partial charge in [0.2, 0.25) is 0 Å². The highest BCUT2D eigenvalue weighted by atomic mass is 19.4. The summed E-state index contributed by atoms with van der Waals surface area (Å²) in [5.74, 6) is -0.916. The first kappa shape index (κ1) is 16.3. The summed E-state index contributed by atoms with van der Waals surface area (Å²) in [5.41, 5.74) is 3.37. The molecular weight excluding hydrogens is 317 g/mol. The zero-order valence-electron chi connectivity index (χ0n) is 11.3. The number of nitro groups is 1. The van der Waals surface area contributed by atoms with Crippen molar-refractivity contribution in [1.29, 1.82) is 0 Å². The average Bonchev–Trinajstić information content (AvgIpc) is 2.46. The van der Waals surface area contributed by atoms with Crippen LogP contribution in [-0.2, 0) is 6.18 Å². The molecule has 6 nitrogen and oxygen atoms in total. The minimum absolute atomic E-state index is 0.0316. The number of primary amides is 1. The summed E-state index contributed by atoms with van der Waals surface area (Å²) in [6.45, 7) is 0. The number of carbonyl (C=O) groups is 1. The minimum atomic E-state index is -4.47. The molecule has 0 spiro atoms. The van der Waals surface area contributed by atoms with E-state index in [1.807, 2.05) is 0 Å². The smallest absolute Gasteiger partial charge is 0.416 e. The number of halogens is 3. The van der Waals surface area contributed by atoms with Gasteiger partial charge < -0.3 is 10.5 Å². The van der Waals surface area contributed by atoms with Crippen LogP contribution in [-0.4, -0.2) is 10.8 Å². The predicted molar refractivity (Wildman–Crippen MR) is 73.1 cm³/mol. The Hall–Kier alpha value is -3.10. The van der Waals surface area contributed by atoms with E-state index in [0.29, 0.717) is 0 Å². The van der Waals surface area contributed by atoms with Gasteiger partial charge in [0.1, 0.15) is 17.1 Å². The van der Waals surface area contributed by atoms with E-state index in [1.54, 1.807) is 0 Å². The number of nitrogens with two attached hydrogens (primary N) is 1. The summed E-state index contributed by atoms with van der Waals surface area (Å²) in [4.78, 5) is 21.2. The van der Waals surface area contributed by atoms with Gasteiger partial charge in [-0.05, 0) is 30.3 Å². The topological polar surface area (TPSA) is 95.5 Å². The van der Waals surface area contributed by atoms with Crippen molar-refractivity contribution in [2.45, 2.75) is 6.18 Å². The molecule has 0 aromatic heterocycles. The molecular formula is C14H9F3N2O4. The van der Waals surface area contributed by atoms with Gasteiger partial charge in [-0.1, -0.05) is 0 Å². The SMILES string of the molecule is NC(=O)c1cc(Oc2ccc(C(F)(F)F)cc2)ccc1[N+](=O)[O-]. The van der Waals surface area contributed by atoms with Crippen LogP contribution in [0.4, 0.5) is 18.9 Å². The third-order valence-corrected chi connectivity index (χ3v) is 2.85. The van der Waals surface area contributed by atoms with Crippen molar-refractivity contribution in [2.75, 3.05) is 0 Å². The molecule has 120 valence electrons. The summed E-state index contributed by atoms with van der Waals surface area (Å²) < 4.78 is 42.6. The second kappa shape index (κ2) is 5.95. The first-order valence-corrected chi connectivity index (χ1v) is 6.12. The number of benzene rings is 2. The summed E-state index contributed by atoms with van der Waals surface area (Å²) in [6.07, 6.45) is -4.47. The van der Waals surface area contributed by atoms with Crippen LogP contribution in [0, 0.1) is 10.1 Å². The number of ether oxygens (including phenoxy) is 1. The third-order valence-electron chi connectivity index (χ3n) is 2.85. The molecule has 9 heteroatoms. The van der Waals surface area contributed by atoms with E-state index >= 15 is 0 Å². The largest absolute Gasteiger partial charge is 0.457 e. The van der Waals surface area contributed by atoms with E-state index in [4.69, 9.17) is 10.5 Å². The molecule has 0 saturated heterocycles. The number of carbonyl (C=O) groups excluding carboxylic acids is 1. The number of nitrogens with zero attached hydrogens (tertiary/aromatic N) is 1. The van der Waals surface area contributed by atoms with Crippen molar-refractivity contribution >= 4 is 11.6 Å². The van der Waals surface area contributed by atoms with Crippen molar-refractivity contribution in [3.05, 3.63) is 63.7 Å². The third kappa shape index (κ3) is 3.76. The molecule has 0 aliphatic carbocycles. The number of amides is 1. The quantitative estimate of drug-likeness (QED) is 0.687. The molecule has 2 N–H and O–H groups in total. The Balaban J connectivity index is 2.28. The van der Waals surface area contributed by atoms with Crippen molar-refractivity contribution in [2.24, 2.45) is 5.73 Å². The van der Waals surface area contributed by atoms with Gasteiger partial charge in [0, 0.05) is 12.1 Å². The lowest BCUT2D eigenvalue weighted by molar-refractivity contribution is -0.385. The van der Waals surface area contributed by atoms with Crippen LogP contribution in [0.3, 0.4) is 0 Å². The van der Waals surface area contributed by atoms with Crippen LogP contribution in [0.2, 0.25) is 0 Å². The lowest BCUT2D eigenvalue weighted by Gasteiger charge is -2.09. The maximum Gasteiger partial charge on any atom is 0.416 e. The molecule has 0 saturated carbocycles. The Morgan fingerprint density at radius 1 is 1.09 bits per heavy atom. The number of alkyl halides is 3. The van der Waals surface area contributed by atoms with Gasteiger partial charge in [-0.15, -0.1) is 0 Å². The highest BCUT2D eigenvalue weighted by molar-refractivity contribution is 5.97. The van der Waals surface area contributed by atoms with Gasteiger partial charge in [-0.2, -0.15) is 13.2 Å². The molecule has 0 heterocycles. The highest BCUT2D eigenvalue weighted by Crippen LogP contribution is 2.32. The van der Waals surface area contributed by atoms with Crippen molar-refractivity contribution in [3.8, 4) is 11.5 Å². The fraction of sp³-hybridized carbons (Fsp3) is 0.0714. The summed E-state index contributed by atoms with van der Waals surface area (Å²) in [6, 6.07) is 7.13. The zero-order chi connectivity index (χ0) is 17.2. The Kier molecular flexibility index (Phi) is 4.21. The van der Waals surface area contributed by atoms with Gasteiger partial charge in [0.05, 0.1) is 10.5 Å². The standard InChI is InChI=1S/C14H9F3N2O4/c15-14(16,17)8-1-3-9(4-2-8)23-10-5-6-12(19(21)22)11(7-10)13(18)20/h1-7H,(H2,18,20). The van der Waals surface area contributed by atoms with E-state index in [-0.39, 0.29) is 17.1 Å². The number of nitro benzene ring substituents is 1. The molecule has 0 fully saturated rings. The lowest BCUT2D eigenvalue weighted by Crippen LogP contribution is -2.13. The van der Waals surface area contributed by atoms with E-state index in [0.717, 1.165) is 36.4 Å². The average molecular weight is 326 g/mol. The van der Waals surface area contributed by atoms with E-state index in [2.05, 4.69) is 0 Å². The summed E-state index contributed by atoms with van der Waals surface area (Å²) >= 11 is 0. The van der Waals surface area contributed by atoms with Crippen LogP contribution in [0.1, 0.15) is 15.9 Å². The molecule has 0 aliphatic heterocycles. The van der Waals surface area contributed by atoms with E-state index in [1.165, 1.54) is 6.07 Å². The lowest BCUT2D eigenvalue weighted by atomic mass is 10.1. The molecule has 1 amide bonds. The molecule has 0 atom stereocenters. The monoisotopic (exact) mass is 326 g/mol. The van der Waals surface area contributed by atoms with Crippen LogP contribution < -0.4 is 10.5 Å². The minimum Gasteiger partial charge on any atom is -0.457 e. The molecule has 2 aromatic carbocycles. The van der Waals surface area contributed by atoms with E-state index in [9.17, 15) is 28.1 Å². The molecule has 0 unspecified atom stereocenters. The molecule has 0 bridgehead atoms. The summed E-state index contributed by atoms with van der Waals surface area (Å²) in [5, 5.41) is 10.8. The van der Waals surface area contributed by atoms with Gasteiger partial charge >= 0.3 is 6.18 Å². The molecule has 0 radical (unpaired) electrons. The Bertz CT molecular complexity index is 758. The Labute approximate surface area is 127 Å². The van der Waals surface area contributed by atoms with Gasteiger partial charge in [0.25, 0.3) is 11.6 Å². The second-order valence-electron chi connectivity index (χ2n) is 4.42. The second-order valence-corrected chi connectivity index (χ2v) is 4.42. The molecule has 23 heavy (non-hydrogen) atoms. The van der Waals surface area contributed by atoms with Crippen molar-refractivity contribution in [3.63, 3.8) is 0 Å². The van der Waals surface area contributed by atoms with Crippen LogP contribution in [0.15, 0.2) is 42.5 Å². The van der Waals surface area contributed by atoms with Crippen molar-refractivity contribution < 1.29 is 27.6 Å². The predicted octanol–water partition coefficient (Wildman–Crippen LogP) is 3.50. The first-order valence-electron chi connectivity index (χ1n) is 6.12. The maximum absolute atomic E-state index is 12.5. The summed E-state index contributed by atoms with van der Waals surface area (Å²) in [7, 11) is 0. The first-order chi connectivity index (χ1) is 10.7. The van der Waals surface area contributed by atoms with E-state index < -0.39 is 28.3 Å². The number of hydrogen-bond acceptors (Lipinski definition) is 4. The fourth-order valence-electron chi connectivity index (χ4n) is 1.78. The highest BCUT2D eigenvalue weighted by Gasteiger charge is 2.30. The van der Waals surface area contributed by atoms with Crippen LogP contribution in [0.25, 0.3) is 0 Å². The Morgan fingerprint density at radius 3 is 2.13 bits per heavy atom. The normalized spacial score (nSPS) is 11.1. The van der Waals surface area contributed by atoms with Crippen LogP contribution in [0.5, 0.6) is 11.5 Å². The fourth-order valence-corrected chi connectivity index (χ4v) is 1.78. The van der Waals surface area contributed by atoms with Crippen LogP contribution >= 0.6 is 0 Å². The zero-order valence-corrected chi connectivity index (χ0v) is 11.3. The van der Waals surface area contributed by atoms with Crippen molar-refractivity contribution in [1.82, 2.24) is 0 Å². The number of rotatable bonds is 4. The molecule has 2 rings (SSSR count). The number of hydrogen-bond donors (Lipinski definition) is 1. The van der Waals surface area contributed by atoms with Gasteiger partial charge in [-0.25, -0.2) is 0 Å². The van der Waals surface area contributed by atoms with Gasteiger partial charge in [0.15, 0.2) is 0 Å². The molecule has 2 aromatic rings.